The molecule has 0 saturated heterocycles. The number of ether oxygens (including phenoxy) is 1. The number of halogens is 2. The molecule has 0 bridgehead atoms. The molecule has 0 atom stereocenters. The van der Waals surface area contributed by atoms with Gasteiger partial charge in [0.2, 0.25) is 0 Å². The molecule has 0 fully saturated rings. The Bertz CT molecular complexity index is 556. The average Bonchev–Trinajstić information content (AvgIpc) is 2.28. The van der Waals surface area contributed by atoms with E-state index in [-0.39, 0.29) is 16.3 Å². The van der Waals surface area contributed by atoms with Gasteiger partial charge in [-0.2, -0.15) is 0 Å². The summed E-state index contributed by atoms with van der Waals surface area (Å²) in [6.07, 6.45) is 1.15. The summed E-state index contributed by atoms with van der Waals surface area (Å²) in [4.78, 5) is 10.2. The van der Waals surface area contributed by atoms with Gasteiger partial charge in [-0.05, 0) is 31.0 Å². The number of rotatable bonds is 7. The van der Waals surface area contributed by atoms with E-state index in [4.69, 9.17) is 32.1 Å². The summed E-state index contributed by atoms with van der Waals surface area (Å²) >= 11 is 5.86. The Morgan fingerprint density at radius 1 is 1.32 bits per heavy atom. The Labute approximate surface area is 120 Å². The summed E-state index contributed by atoms with van der Waals surface area (Å²) in [5, 5.41) is 8.59. The van der Waals surface area contributed by atoms with Crippen LogP contribution in [0, 0.1) is 0 Å². The maximum atomic E-state index is 11.1. The molecule has 0 aliphatic heterocycles. The van der Waals surface area contributed by atoms with Crippen molar-refractivity contribution in [2.24, 2.45) is 0 Å². The summed E-state index contributed by atoms with van der Waals surface area (Å²) in [6, 6.07) is 3.91. The molecule has 0 amide bonds. The van der Waals surface area contributed by atoms with Crippen LogP contribution in [-0.4, -0.2) is 26.1 Å². The quantitative estimate of drug-likeness (QED) is 0.615. The maximum absolute atomic E-state index is 11.1. The van der Waals surface area contributed by atoms with E-state index in [2.05, 4.69) is 0 Å². The third-order valence-corrected chi connectivity index (χ3v) is 3.87. The van der Waals surface area contributed by atoms with E-state index in [1.165, 1.54) is 18.2 Å². The second-order valence-corrected chi connectivity index (χ2v) is 6.70. The number of hydrogen-bond donors (Lipinski definition) is 1. The van der Waals surface area contributed by atoms with Crippen LogP contribution in [0.15, 0.2) is 23.1 Å². The van der Waals surface area contributed by atoms with Crippen molar-refractivity contribution in [3.8, 4) is 5.75 Å². The van der Waals surface area contributed by atoms with Crippen molar-refractivity contribution in [1.82, 2.24) is 0 Å². The molecular formula is C11H12Cl2O5S. The molecule has 0 saturated carbocycles. The fourth-order valence-electron chi connectivity index (χ4n) is 1.31. The first kappa shape index (κ1) is 16.1. The van der Waals surface area contributed by atoms with Gasteiger partial charge in [-0.3, -0.25) is 4.79 Å². The van der Waals surface area contributed by atoms with Gasteiger partial charge in [0.15, 0.2) is 0 Å². The Balaban J connectivity index is 2.54. The minimum atomic E-state index is -3.81. The van der Waals surface area contributed by atoms with Gasteiger partial charge in [-0.15, -0.1) is 0 Å². The molecule has 0 spiro atoms. The molecule has 19 heavy (non-hydrogen) atoms. The molecule has 1 N–H and O–H groups in total. The van der Waals surface area contributed by atoms with Crippen molar-refractivity contribution < 1.29 is 23.1 Å². The lowest BCUT2D eigenvalue weighted by Crippen LogP contribution is -2.01. The highest BCUT2D eigenvalue weighted by molar-refractivity contribution is 8.13. The lowest BCUT2D eigenvalue weighted by molar-refractivity contribution is -0.137. The van der Waals surface area contributed by atoms with Gasteiger partial charge in [0.05, 0.1) is 16.5 Å². The molecule has 0 aliphatic rings. The zero-order valence-corrected chi connectivity index (χ0v) is 12.1. The first-order valence-corrected chi connectivity index (χ1v) is 8.08. The Kier molecular flexibility index (Phi) is 5.90. The van der Waals surface area contributed by atoms with Crippen molar-refractivity contribution in [2.45, 2.75) is 24.2 Å². The van der Waals surface area contributed by atoms with E-state index < -0.39 is 15.0 Å². The van der Waals surface area contributed by atoms with Crippen molar-refractivity contribution >= 4 is 37.3 Å². The first-order valence-electron chi connectivity index (χ1n) is 5.39. The van der Waals surface area contributed by atoms with Crippen LogP contribution in [-0.2, 0) is 13.8 Å². The predicted octanol–water partition coefficient (Wildman–Crippen LogP) is 2.90. The molecular weight excluding hydrogens is 315 g/mol. The van der Waals surface area contributed by atoms with Crippen LogP contribution in [0.25, 0.3) is 0 Å². The topological polar surface area (TPSA) is 80.7 Å². The van der Waals surface area contributed by atoms with Crippen LogP contribution in [0.3, 0.4) is 0 Å². The Morgan fingerprint density at radius 3 is 2.53 bits per heavy atom. The number of hydrogen-bond acceptors (Lipinski definition) is 4. The highest BCUT2D eigenvalue weighted by Gasteiger charge is 2.12. The van der Waals surface area contributed by atoms with E-state index in [0.717, 1.165) is 0 Å². The van der Waals surface area contributed by atoms with Crippen LogP contribution < -0.4 is 4.74 Å². The predicted molar refractivity (Wildman–Crippen MR) is 71.5 cm³/mol. The van der Waals surface area contributed by atoms with E-state index >= 15 is 0 Å². The van der Waals surface area contributed by atoms with Gasteiger partial charge in [0, 0.05) is 17.1 Å². The Morgan fingerprint density at radius 2 is 2.00 bits per heavy atom. The third kappa shape index (κ3) is 5.67. The van der Waals surface area contributed by atoms with Crippen LogP contribution in [0.1, 0.15) is 19.3 Å². The molecule has 0 unspecified atom stereocenters. The molecule has 0 radical (unpaired) electrons. The van der Waals surface area contributed by atoms with Gasteiger partial charge in [-0.1, -0.05) is 11.6 Å². The first-order chi connectivity index (χ1) is 8.80. The summed E-state index contributed by atoms with van der Waals surface area (Å²) < 4.78 is 27.5. The molecule has 106 valence electrons. The third-order valence-electron chi connectivity index (χ3n) is 2.23. The Hall–Kier alpha value is -0.980. The fraction of sp³-hybridized carbons (Fsp3) is 0.364. The maximum Gasteiger partial charge on any atom is 0.303 e. The number of carboxylic acid groups (broad SMARTS) is 1. The van der Waals surface area contributed by atoms with Crippen molar-refractivity contribution in [2.75, 3.05) is 6.61 Å². The molecule has 8 heteroatoms. The van der Waals surface area contributed by atoms with Gasteiger partial charge in [0.1, 0.15) is 5.75 Å². The smallest absolute Gasteiger partial charge is 0.303 e. The lowest BCUT2D eigenvalue weighted by atomic mass is 10.2. The normalized spacial score (nSPS) is 11.3. The van der Waals surface area contributed by atoms with E-state index in [0.29, 0.717) is 25.2 Å². The van der Waals surface area contributed by atoms with Gasteiger partial charge in [0.25, 0.3) is 9.05 Å². The van der Waals surface area contributed by atoms with E-state index in [1.807, 2.05) is 0 Å². The highest BCUT2D eigenvalue weighted by atomic mass is 35.7. The van der Waals surface area contributed by atoms with E-state index in [9.17, 15) is 13.2 Å². The fourth-order valence-corrected chi connectivity index (χ4v) is 2.39. The summed E-state index contributed by atoms with van der Waals surface area (Å²) in [6.45, 7) is 0.306. The zero-order chi connectivity index (χ0) is 14.5. The van der Waals surface area contributed by atoms with Crippen molar-refractivity contribution in [3.05, 3.63) is 23.2 Å². The highest BCUT2D eigenvalue weighted by Crippen LogP contribution is 2.28. The number of unbranched alkanes of at least 4 members (excludes halogenated alkanes) is 1. The molecule has 1 aromatic carbocycles. The van der Waals surface area contributed by atoms with Gasteiger partial charge in [-0.25, -0.2) is 8.42 Å². The average molecular weight is 327 g/mol. The minimum Gasteiger partial charge on any atom is -0.492 e. The second-order valence-electron chi connectivity index (χ2n) is 3.73. The van der Waals surface area contributed by atoms with Gasteiger partial charge >= 0.3 is 5.97 Å². The van der Waals surface area contributed by atoms with Gasteiger partial charge < -0.3 is 9.84 Å². The number of aliphatic carboxylic acids is 1. The van der Waals surface area contributed by atoms with Crippen molar-refractivity contribution in [3.63, 3.8) is 0 Å². The summed E-state index contributed by atoms with van der Waals surface area (Å²) in [5.74, 6) is -0.518. The SMILES string of the molecule is O=C(O)CCCCOc1ccc(S(=O)(=O)Cl)cc1Cl. The number of benzene rings is 1. The van der Waals surface area contributed by atoms with Crippen LogP contribution in [0.5, 0.6) is 5.75 Å². The standard InChI is InChI=1S/C11H12Cl2O5S/c12-9-7-8(19(13,16)17)4-5-10(9)18-6-2-1-3-11(14)15/h4-5,7H,1-3,6H2,(H,14,15). The monoisotopic (exact) mass is 326 g/mol. The molecule has 0 aromatic heterocycles. The molecule has 1 aromatic rings. The summed E-state index contributed by atoms with van der Waals surface area (Å²) in [7, 11) is 1.36. The van der Waals surface area contributed by atoms with Crippen LogP contribution in [0.2, 0.25) is 5.02 Å². The largest absolute Gasteiger partial charge is 0.492 e. The number of carboxylic acids is 1. The van der Waals surface area contributed by atoms with Crippen LogP contribution in [0.4, 0.5) is 0 Å². The second kappa shape index (κ2) is 6.98. The van der Waals surface area contributed by atoms with Crippen LogP contribution >= 0.6 is 22.3 Å². The molecule has 1 rings (SSSR count). The molecule has 0 aliphatic carbocycles. The van der Waals surface area contributed by atoms with Crippen molar-refractivity contribution in [1.29, 1.82) is 0 Å². The summed E-state index contributed by atoms with van der Waals surface area (Å²) in [5.41, 5.74) is 0. The molecule has 0 heterocycles. The lowest BCUT2D eigenvalue weighted by Gasteiger charge is -2.08. The zero-order valence-electron chi connectivity index (χ0n) is 9.80. The minimum absolute atomic E-state index is 0.0839. The molecule has 5 nitrogen and oxygen atoms in total. The van der Waals surface area contributed by atoms with E-state index in [1.54, 1.807) is 0 Å². The number of carbonyl (C=O) groups is 1.